The average Bonchev–Trinajstić information content (AvgIpc) is 3.06. The van der Waals surface area contributed by atoms with Gasteiger partial charge < -0.3 is 14.5 Å². The molecule has 28 heavy (non-hydrogen) atoms. The molecule has 0 bridgehead atoms. The number of benzene rings is 1. The first-order valence-corrected chi connectivity index (χ1v) is 9.08. The largest absolute Gasteiger partial charge is 0.488 e. The minimum absolute atomic E-state index is 0.0441. The molecular formula is C19H21FN6O2. The Morgan fingerprint density at radius 2 is 2.04 bits per heavy atom. The maximum atomic E-state index is 14.2. The highest BCUT2D eigenvalue weighted by Crippen LogP contribution is 2.31. The van der Waals surface area contributed by atoms with Crippen LogP contribution in [0.5, 0.6) is 5.75 Å². The van der Waals surface area contributed by atoms with Gasteiger partial charge in [-0.3, -0.25) is 9.89 Å². The Hall–Kier alpha value is -3.23. The third kappa shape index (κ3) is 3.35. The molecule has 8 nitrogen and oxygen atoms in total. The lowest BCUT2D eigenvalue weighted by Crippen LogP contribution is -2.48. The fraction of sp³-hybridized carbons (Fsp3) is 0.368. The predicted molar refractivity (Wildman–Crippen MR) is 103 cm³/mol. The molecule has 1 N–H and O–H groups in total. The van der Waals surface area contributed by atoms with Crippen molar-refractivity contribution in [3.05, 3.63) is 30.3 Å². The van der Waals surface area contributed by atoms with Gasteiger partial charge in [0.25, 0.3) is 0 Å². The number of piperazine rings is 1. The lowest BCUT2D eigenvalue weighted by molar-refractivity contribution is -0.129. The van der Waals surface area contributed by atoms with Crippen LogP contribution in [0.3, 0.4) is 0 Å². The van der Waals surface area contributed by atoms with E-state index in [0.717, 1.165) is 0 Å². The molecule has 3 aromatic rings. The van der Waals surface area contributed by atoms with E-state index in [0.29, 0.717) is 41.2 Å². The Morgan fingerprint density at radius 3 is 2.79 bits per heavy atom. The van der Waals surface area contributed by atoms with Gasteiger partial charge in [-0.1, -0.05) is 0 Å². The number of fused-ring (bicyclic) bond motifs is 1. The molecule has 0 aliphatic carbocycles. The van der Waals surface area contributed by atoms with Gasteiger partial charge in [-0.25, -0.2) is 14.4 Å². The van der Waals surface area contributed by atoms with Crippen molar-refractivity contribution in [1.82, 2.24) is 25.1 Å². The zero-order valence-corrected chi connectivity index (χ0v) is 15.9. The van der Waals surface area contributed by atoms with Crippen molar-refractivity contribution in [3.63, 3.8) is 0 Å². The summed E-state index contributed by atoms with van der Waals surface area (Å²) in [5.74, 6) is 0.422. The number of likely N-dealkylation sites (N-methyl/N-ethyl adjacent to an activating group) is 1. The second kappa shape index (κ2) is 7.06. The molecule has 0 saturated carbocycles. The van der Waals surface area contributed by atoms with Gasteiger partial charge in [-0.15, -0.1) is 0 Å². The van der Waals surface area contributed by atoms with E-state index in [1.165, 1.54) is 12.4 Å². The van der Waals surface area contributed by atoms with Gasteiger partial charge in [0.15, 0.2) is 11.6 Å². The third-order valence-corrected chi connectivity index (χ3v) is 4.65. The van der Waals surface area contributed by atoms with Crippen LogP contribution in [0.4, 0.5) is 10.2 Å². The molecule has 146 valence electrons. The molecule has 1 saturated heterocycles. The molecule has 0 radical (unpaired) electrons. The van der Waals surface area contributed by atoms with Gasteiger partial charge in [0.2, 0.25) is 5.91 Å². The van der Waals surface area contributed by atoms with Crippen molar-refractivity contribution in [1.29, 1.82) is 0 Å². The monoisotopic (exact) mass is 384 g/mol. The number of rotatable bonds is 4. The Kier molecular flexibility index (Phi) is 4.58. The van der Waals surface area contributed by atoms with E-state index in [1.807, 2.05) is 18.7 Å². The number of aromatic amines is 1. The van der Waals surface area contributed by atoms with Crippen LogP contribution in [0.25, 0.3) is 22.3 Å². The number of hydrogen-bond acceptors (Lipinski definition) is 6. The molecule has 4 rings (SSSR count). The molecule has 1 aromatic carbocycles. The van der Waals surface area contributed by atoms with E-state index in [1.54, 1.807) is 24.1 Å². The number of hydrogen-bond donors (Lipinski definition) is 1. The second-order valence-corrected chi connectivity index (χ2v) is 7.07. The van der Waals surface area contributed by atoms with Crippen molar-refractivity contribution < 1.29 is 13.9 Å². The number of amides is 1. The van der Waals surface area contributed by atoms with Crippen molar-refractivity contribution in [2.45, 2.75) is 20.0 Å². The van der Waals surface area contributed by atoms with Gasteiger partial charge >= 0.3 is 0 Å². The number of aromatic nitrogens is 4. The SMILES string of the molecule is CC(C)Oc1cc2c(-c3cc(N4CCN(C)C(=O)C4)ncn3)n[nH]c2cc1F. The highest BCUT2D eigenvalue weighted by Gasteiger charge is 2.23. The zero-order valence-electron chi connectivity index (χ0n) is 15.9. The number of nitrogens with zero attached hydrogens (tertiary/aromatic N) is 5. The molecule has 0 atom stereocenters. The zero-order chi connectivity index (χ0) is 19.8. The highest BCUT2D eigenvalue weighted by atomic mass is 19.1. The van der Waals surface area contributed by atoms with Crippen LogP contribution in [-0.2, 0) is 4.79 Å². The maximum absolute atomic E-state index is 14.2. The van der Waals surface area contributed by atoms with E-state index in [4.69, 9.17) is 4.74 Å². The number of carbonyl (C=O) groups excluding carboxylic acids is 1. The van der Waals surface area contributed by atoms with Crippen LogP contribution in [0.15, 0.2) is 24.5 Å². The van der Waals surface area contributed by atoms with Crippen LogP contribution in [0.2, 0.25) is 0 Å². The van der Waals surface area contributed by atoms with Crippen LogP contribution >= 0.6 is 0 Å². The van der Waals surface area contributed by atoms with Crippen LogP contribution in [0.1, 0.15) is 13.8 Å². The van der Waals surface area contributed by atoms with Crippen LogP contribution in [-0.4, -0.2) is 63.8 Å². The van der Waals surface area contributed by atoms with Crippen molar-refractivity contribution >= 4 is 22.6 Å². The lowest BCUT2D eigenvalue weighted by Gasteiger charge is -2.32. The first kappa shape index (κ1) is 18.1. The summed E-state index contributed by atoms with van der Waals surface area (Å²) in [4.78, 5) is 24.2. The van der Waals surface area contributed by atoms with E-state index < -0.39 is 5.82 Å². The highest BCUT2D eigenvalue weighted by molar-refractivity contribution is 5.93. The molecule has 2 aromatic heterocycles. The molecule has 1 aliphatic rings. The molecule has 1 amide bonds. The first-order valence-electron chi connectivity index (χ1n) is 9.08. The van der Waals surface area contributed by atoms with Gasteiger partial charge in [0, 0.05) is 37.7 Å². The molecule has 0 unspecified atom stereocenters. The smallest absolute Gasteiger partial charge is 0.241 e. The topological polar surface area (TPSA) is 87.2 Å². The summed E-state index contributed by atoms with van der Waals surface area (Å²) in [6.07, 6.45) is 1.30. The van der Waals surface area contributed by atoms with Gasteiger partial charge in [-0.2, -0.15) is 5.10 Å². The third-order valence-electron chi connectivity index (χ3n) is 4.65. The fourth-order valence-electron chi connectivity index (χ4n) is 3.16. The Morgan fingerprint density at radius 1 is 1.21 bits per heavy atom. The number of ether oxygens (including phenoxy) is 1. The van der Waals surface area contributed by atoms with Crippen LogP contribution in [0, 0.1) is 5.82 Å². The summed E-state index contributed by atoms with van der Waals surface area (Å²) in [7, 11) is 1.79. The van der Waals surface area contributed by atoms with E-state index in [2.05, 4.69) is 20.2 Å². The first-order chi connectivity index (χ1) is 13.4. The lowest BCUT2D eigenvalue weighted by atomic mass is 10.1. The summed E-state index contributed by atoms with van der Waals surface area (Å²) >= 11 is 0. The average molecular weight is 384 g/mol. The van der Waals surface area contributed by atoms with E-state index in [9.17, 15) is 9.18 Å². The number of carbonyl (C=O) groups is 1. The predicted octanol–water partition coefficient (Wildman–Crippen LogP) is 2.22. The number of nitrogens with one attached hydrogen (secondary N) is 1. The minimum atomic E-state index is -0.448. The second-order valence-electron chi connectivity index (χ2n) is 7.07. The molecule has 9 heteroatoms. The Labute approximate surface area is 161 Å². The van der Waals surface area contributed by atoms with Crippen molar-refractivity contribution in [2.75, 3.05) is 31.6 Å². The standard InChI is InChI=1S/C19H21FN6O2/c1-11(2)28-16-6-12-14(7-13(16)20)23-24-19(12)15-8-17(22-10-21-15)26-5-4-25(3)18(27)9-26/h6-8,10-11H,4-5,9H2,1-3H3,(H,23,24). The summed E-state index contributed by atoms with van der Waals surface area (Å²) in [5, 5.41) is 7.85. The summed E-state index contributed by atoms with van der Waals surface area (Å²) in [5.41, 5.74) is 1.72. The molecular weight excluding hydrogens is 363 g/mol. The summed E-state index contributed by atoms with van der Waals surface area (Å²) in [6, 6.07) is 4.79. The molecule has 1 fully saturated rings. The molecule has 1 aliphatic heterocycles. The van der Waals surface area contributed by atoms with E-state index in [-0.39, 0.29) is 24.3 Å². The number of halogens is 1. The molecule has 3 heterocycles. The summed E-state index contributed by atoms with van der Waals surface area (Å²) < 4.78 is 19.8. The van der Waals surface area contributed by atoms with Crippen molar-refractivity contribution in [2.24, 2.45) is 0 Å². The quantitative estimate of drug-likeness (QED) is 0.742. The van der Waals surface area contributed by atoms with Gasteiger partial charge in [0.05, 0.1) is 23.9 Å². The molecule has 0 spiro atoms. The number of anilines is 1. The minimum Gasteiger partial charge on any atom is -0.488 e. The van der Waals surface area contributed by atoms with Crippen molar-refractivity contribution in [3.8, 4) is 17.1 Å². The fourth-order valence-corrected chi connectivity index (χ4v) is 3.16. The van der Waals surface area contributed by atoms with Crippen LogP contribution < -0.4 is 9.64 Å². The number of H-pyrrole nitrogens is 1. The summed E-state index contributed by atoms with van der Waals surface area (Å²) in [6.45, 7) is 5.28. The Balaban J connectivity index is 1.71. The maximum Gasteiger partial charge on any atom is 0.241 e. The normalized spacial score (nSPS) is 15.0. The van der Waals surface area contributed by atoms with Gasteiger partial charge in [-0.05, 0) is 19.9 Å². The Bertz CT molecular complexity index is 1030. The van der Waals surface area contributed by atoms with E-state index >= 15 is 0 Å². The van der Waals surface area contributed by atoms with Gasteiger partial charge in [0.1, 0.15) is 17.8 Å².